The van der Waals surface area contributed by atoms with Gasteiger partial charge in [-0.05, 0) is 46.8 Å². The minimum atomic E-state index is -4.56. The number of fused-ring (bicyclic) bond motifs is 1. The highest BCUT2D eigenvalue weighted by Gasteiger charge is 2.33. The number of benzene rings is 1. The van der Waals surface area contributed by atoms with Gasteiger partial charge in [0.25, 0.3) is 5.56 Å². The van der Waals surface area contributed by atoms with Crippen LogP contribution in [0.25, 0.3) is 11.0 Å². The van der Waals surface area contributed by atoms with E-state index in [1.807, 2.05) is 0 Å². The van der Waals surface area contributed by atoms with Crippen LogP contribution in [0.3, 0.4) is 0 Å². The fourth-order valence-corrected chi connectivity index (χ4v) is 3.73. The first-order chi connectivity index (χ1) is 15.7. The summed E-state index contributed by atoms with van der Waals surface area (Å²) in [5, 5.41) is 13.9. The van der Waals surface area contributed by atoms with E-state index in [4.69, 9.17) is 17.3 Å². The molecule has 0 aliphatic heterocycles. The van der Waals surface area contributed by atoms with Gasteiger partial charge in [-0.15, -0.1) is 0 Å². The maximum absolute atomic E-state index is 13.6. The van der Waals surface area contributed by atoms with E-state index in [2.05, 4.69) is 15.1 Å². The lowest BCUT2D eigenvalue weighted by Gasteiger charge is -2.16. The Morgan fingerprint density at radius 3 is 2.61 bits per heavy atom. The third-order valence-corrected chi connectivity index (χ3v) is 5.32. The summed E-state index contributed by atoms with van der Waals surface area (Å²) in [4.78, 5) is 20.0. The van der Waals surface area contributed by atoms with E-state index in [0.717, 1.165) is 6.07 Å². The number of alkyl halides is 3. The first-order valence-electron chi connectivity index (χ1n) is 9.79. The highest BCUT2D eigenvalue weighted by atomic mass is 35.5. The number of hydrogen-bond donors (Lipinski definition) is 2. The van der Waals surface area contributed by atoms with Crippen molar-refractivity contribution in [1.29, 1.82) is 0 Å². The molecule has 8 nitrogen and oxygen atoms in total. The number of nitrogens with two attached hydrogens (primary N) is 1. The van der Waals surface area contributed by atoms with Gasteiger partial charge < -0.3 is 15.4 Å². The van der Waals surface area contributed by atoms with Gasteiger partial charge in [0.15, 0.2) is 5.65 Å². The number of aliphatic hydroxyl groups is 1. The summed E-state index contributed by atoms with van der Waals surface area (Å²) >= 11 is 5.87. The number of pyridine rings is 1. The molecule has 0 aliphatic carbocycles. The Bertz CT molecular complexity index is 1380. The monoisotopic (exact) mass is 478 g/mol. The van der Waals surface area contributed by atoms with Gasteiger partial charge in [0, 0.05) is 18.8 Å². The summed E-state index contributed by atoms with van der Waals surface area (Å²) in [6.45, 7) is -0.135. The van der Waals surface area contributed by atoms with Crippen LogP contribution in [-0.4, -0.2) is 29.4 Å². The summed E-state index contributed by atoms with van der Waals surface area (Å²) < 4.78 is 43.6. The van der Waals surface area contributed by atoms with Crippen molar-refractivity contribution in [3.8, 4) is 0 Å². The smallest absolute Gasteiger partial charge is 0.392 e. The molecule has 33 heavy (non-hydrogen) atoms. The number of aromatic nitrogens is 5. The fourth-order valence-electron chi connectivity index (χ4n) is 3.56. The van der Waals surface area contributed by atoms with Gasteiger partial charge in [-0.25, -0.2) is 9.67 Å². The Balaban J connectivity index is 1.67. The second-order valence-corrected chi connectivity index (χ2v) is 7.72. The predicted molar refractivity (Wildman–Crippen MR) is 116 cm³/mol. The molecule has 0 saturated heterocycles. The van der Waals surface area contributed by atoms with Crippen LogP contribution < -0.4 is 11.3 Å². The van der Waals surface area contributed by atoms with Crippen LogP contribution in [0.2, 0.25) is 5.28 Å². The fraction of sp³-hybridized carbons (Fsp3) is 0.238. The van der Waals surface area contributed by atoms with Gasteiger partial charge in [-0.2, -0.15) is 23.3 Å². The van der Waals surface area contributed by atoms with Crippen LogP contribution in [-0.2, 0) is 32.3 Å². The molecule has 3 aromatic heterocycles. The van der Waals surface area contributed by atoms with Crippen LogP contribution in [0.15, 0.2) is 47.5 Å². The first-order valence-corrected chi connectivity index (χ1v) is 10.2. The number of nitrogen functional groups attached to an aromatic ring is 1. The van der Waals surface area contributed by atoms with E-state index >= 15 is 0 Å². The van der Waals surface area contributed by atoms with E-state index in [1.165, 1.54) is 45.9 Å². The van der Waals surface area contributed by atoms with Crippen molar-refractivity contribution in [3.05, 3.63) is 80.6 Å². The molecular weight excluding hydrogens is 461 g/mol. The van der Waals surface area contributed by atoms with Crippen molar-refractivity contribution >= 4 is 28.5 Å². The van der Waals surface area contributed by atoms with Crippen molar-refractivity contribution < 1.29 is 18.3 Å². The van der Waals surface area contributed by atoms with Crippen LogP contribution in [0.5, 0.6) is 0 Å². The predicted octanol–water partition coefficient (Wildman–Crippen LogP) is 3.03. The zero-order chi connectivity index (χ0) is 23.8. The third kappa shape index (κ3) is 4.83. The number of halogens is 4. The average Bonchev–Trinajstić information content (AvgIpc) is 3.15. The Kier molecular flexibility index (Phi) is 6.09. The maximum Gasteiger partial charge on any atom is 0.416 e. The third-order valence-electron chi connectivity index (χ3n) is 5.16. The number of nitrogens with zero attached hydrogens (tertiary/aromatic N) is 5. The van der Waals surface area contributed by atoms with Crippen molar-refractivity contribution in [2.75, 3.05) is 5.73 Å². The normalized spacial score (nSPS) is 11.9. The highest BCUT2D eigenvalue weighted by Crippen LogP contribution is 2.33. The van der Waals surface area contributed by atoms with Crippen molar-refractivity contribution in [1.82, 2.24) is 24.3 Å². The lowest BCUT2D eigenvalue weighted by Crippen LogP contribution is -2.21. The van der Waals surface area contributed by atoms with Gasteiger partial charge in [0.1, 0.15) is 5.82 Å². The van der Waals surface area contributed by atoms with Crippen molar-refractivity contribution in [2.45, 2.75) is 32.3 Å². The van der Waals surface area contributed by atoms with Crippen LogP contribution in [0.1, 0.15) is 22.3 Å². The largest absolute Gasteiger partial charge is 0.416 e. The Labute approximate surface area is 190 Å². The highest BCUT2D eigenvalue weighted by molar-refractivity contribution is 6.28. The molecule has 3 heterocycles. The molecule has 172 valence electrons. The van der Waals surface area contributed by atoms with E-state index in [0.29, 0.717) is 22.2 Å². The van der Waals surface area contributed by atoms with Gasteiger partial charge in [0.05, 0.1) is 30.3 Å². The minimum absolute atomic E-state index is 0.0171. The van der Waals surface area contributed by atoms with E-state index in [-0.39, 0.29) is 48.3 Å². The lowest BCUT2D eigenvalue weighted by atomic mass is 10.0. The number of hydrogen-bond acceptors (Lipinski definition) is 6. The topological polar surface area (TPSA) is 112 Å². The summed E-state index contributed by atoms with van der Waals surface area (Å²) in [7, 11) is 0. The number of anilines is 1. The quantitative estimate of drug-likeness (QED) is 0.412. The first kappa shape index (κ1) is 22.7. The molecule has 0 fully saturated rings. The van der Waals surface area contributed by atoms with E-state index < -0.39 is 11.7 Å². The van der Waals surface area contributed by atoms with Gasteiger partial charge in [-0.3, -0.25) is 4.79 Å². The van der Waals surface area contributed by atoms with Gasteiger partial charge >= 0.3 is 6.18 Å². The molecule has 0 spiro atoms. The van der Waals surface area contributed by atoms with E-state index in [9.17, 15) is 23.1 Å². The zero-order valence-electron chi connectivity index (χ0n) is 17.1. The Hall–Kier alpha value is -3.44. The molecule has 0 unspecified atom stereocenters. The molecular formula is C21H18ClF3N6O2. The summed E-state index contributed by atoms with van der Waals surface area (Å²) in [5.41, 5.74) is 6.11. The average molecular weight is 479 g/mol. The summed E-state index contributed by atoms with van der Waals surface area (Å²) in [6, 6.07) is 6.55. The van der Waals surface area contributed by atoms with Crippen molar-refractivity contribution in [3.63, 3.8) is 0 Å². The molecule has 1 aromatic carbocycles. The number of aryl methyl sites for hydroxylation is 2. The second-order valence-electron chi connectivity index (χ2n) is 7.38. The molecule has 0 radical (unpaired) electrons. The molecule has 0 bridgehead atoms. The van der Waals surface area contributed by atoms with Crippen LogP contribution >= 0.6 is 11.6 Å². The number of rotatable bonds is 6. The molecule has 12 heteroatoms. The lowest BCUT2D eigenvalue weighted by molar-refractivity contribution is -0.138. The molecule has 0 atom stereocenters. The minimum Gasteiger partial charge on any atom is -0.392 e. The Morgan fingerprint density at radius 2 is 1.88 bits per heavy atom. The van der Waals surface area contributed by atoms with E-state index in [1.54, 1.807) is 0 Å². The molecule has 0 amide bonds. The van der Waals surface area contributed by atoms with Crippen LogP contribution in [0, 0.1) is 0 Å². The number of aliphatic hydroxyl groups excluding tert-OH is 1. The van der Waals surface area contributed by atoms with Crippen LogP contribution in [0.4, 0.5) is 19.0 Å². The molecule has 4 aromatic rings. The SMILES string of the molecule is Nc1nc(Cl)nc2c1cnn2Cc1ccc(C(F)(F)F)c(CCn2cc(CO)ccc2=O)c1. The second kappa shape index (κ2) is 8.83. The molecule has 0 saturated carbocycles. The Morgan fingerprint density at radius 1 is 1.12 bits per heavy atom. The van der Waals surface area contributed by atoms with Gasteiger partial charge in [-0.1, -0.05) is 12.1 Å². The maximum atomic E-state index is 13.6. The summed E-state index contributed by atoms with van der Waals surface area (Å²) in [6.07, 6.45) is -1.70. The molecule has 0 aliphatic rings. The van der Waals surface area contributed by atoms with Crippen molar-refractivity contribution in [2.24, 2.45) is 0 Å². The molecule has 3 N–H and O–H groups in total. The standard InChI is InChI=1S/C21H18ClF3N6O2/c22-20-28-18(26)15-8-27-31(19(15)29-20)10-12-1-3-16(21(23,24)25)14(7-12)5-6-30-9-13(11-32)2-4-17(30)33/h1-4,7-9,32H,5-6,10-11H2,(H2,26,28,29). The molecule has 4 rings (SSSR count). The summed E-state index contributed by atoms with van der Waals surface area (Å²) in [5.74, 6) is 0.153. The zero-order valence-corrected chi connectivity index (χ0v) is 17.8. The van der Waals surface area contributed by atoms with Gasteiger partial charge in [0.2, 0.25) is 5.28 Å².